The number of nitrogens with one attached hydrogen (secondary N) is 1. The van der Waals surface area contributed by atoms with E-state index in [4.69, 9.17) is 9.15 Å². The molecule has 0 aliphatic carbocycles. The minimum Gasteiger partial charge on any atom is -0.493 e. The Bertz CT molecular complexity index is 531. The maximum atomic E-state index is 5.72. The Kier molecular flexibility index (Phi) is 5.10. The number of furan rings is 1. The zero-order valence-corrected chi connectivity index (χ0v) is 12.5. The average Bonchev–Trinajstić information content (AvgIpc) is 2.91. The fourth-order valence-electron chi connectivity index (χ4n) is 1.86. The molecule has 0 fully saturated rings. The van der Waals surface area contributed by atoms with Gasteiger partial charge in [-0.2, -0.15) is 0 Å². The molecule has 2 rings (SSSR count). The molecule has 108 valence electrons. The van der Waals surface area contributed by atoms with E-state index in [1.165, 1.54) is 0 Å². The lowest BCUT2D eigenvalue weighted by Gasteiger charge is -2.10. The van der Waals surface area contributed by atoms with Crippen molar-refractivity contribution in [2.45, 2.75) is 33.7 Å². The lowest BCUT2D eigenvalue weighted by Crippen LogP contribution is -2.05. The van der Waals surface area contributed by atoms with Crippen molar-refractivity contribution in [3.05, 3.63) is 47.9 Å². The average molecular weight is 273 g/mol. The number of aryl methyl sites for hydroxylation is 1. The van der Waals surface area contributed by atoms with Crippen molar-refractivity contribution in [2.75, 3.05) is 11.9 Å². The third-order valence-corrected chi connectivity index (χ3v) is 2.95. The van der Waals surface area contributed by atoms with Gasteiger partial charge < -0.3 is 14.5 Å². The van der Waals surface area contributed by atoms with Gasteiger partial charge >= 0.3 is 0 Å². The van der Waals surface area contributed by atoms with E-state index in [1.807, 2.05) is 36.4 Å². The molecule has 3 heteroatoms. The van der Waals surface area contributed by atoms with Gasteiger partial charge in [0.05, 0.1) is 13.2 Å². The standard InChI is InChI=1S/C17H23NO2/c1-4-15-8-9-17(20-15)11-18-14-6-5-7-16(10-14)19-12-13(2)3/h5-10,13,18H,4,11-12H2,1-3H3. The number of anilines is 1. The van der Waals surface area contributed by atoms with Crippen LogP contribution in [0.25, 0.3) is 0 Å². The molecule has 0 unspecified atom stereocenters. The summed E-state index contributed by atoms with van der Waals surface area (Å²) in [5.74, 6) is 3.41. The largest absolute Gasteiger partial charge is 0.493 e. The van der Waals surface area contributed by atoms with Crippen LogP contribution in [-0.2, 0) is 13.0 Å². The second-order valence-corrected chi connectivity index (χ2v) is 5.31. The summed E-state index contributed by atoms with van der Waals surface area (Å²) in [6, 6.07) is 12.1. The van der Waals surface area contributed by atoms with Crippen LogP contribution in [0.2, 0.25) is 0 Å². The monoisotopic (exact) mass is 273 g/mol. The number of rotatable bonds is 7. The zero-order valence-electron chi connectivity index (χ0n) is 12.5. The van der Waals surface area contributed by atoms with E-state index in [-0.39, 0.29) is 0 Å². The Morgan fingerprint density at radius 1 is 1.15 bits per heavy atom. The van der Waals surface area contributed by atoms with Gasteiger partial charge in [-0.05, 0) is 30.2 Å². The van der Waals surface area contributed by atoms with Crippen LogP contribution in [0.5, 0.6) is 5.75 Å². The van der Waals surface area contributed by atoms with Crippen molar-refractivity contribution in [3.8, 4) is 5.75 Å². The van der Waals surface area contributed by atoms with E-state index < -0.39 is 0 Å². The summed E-state index contributed by atoms with van der Waals surface area (Å²) in [6.45, 7) is 7.80. The molecular weight excluding hydrogens is 250 g/mol. The van der Waals surface area contributed by atoms with E-state index >= 15 is 0 Å². The van der Waals surface area contributed by atoms with Crippen molar-refractivity contribution in [2.24, 2.45) is 5.92 Å². The summed E-state index contributed by atoms with van der Waals surface area (Å²) < 4.78 is 11.4. The molecule has 0 bridgehead atoms. The summed E-state index contributed by atoms with van der Waals surface area (Å²) in [6.07, 6.45) is 0.929. The van der Waals surface area contributed by atoms with Crippen LogP contribution in [0.15, 0.2) is 40.8 Å². The molecule has 0 radical (unpaired) electrons. The Hall–Kier alpha value is -1.90. The van der Waals surface area contributed by atoms with E-state index in [0.29, 0.717) is 12.5 Å². The second-order valence-electron chi connectivity index (χ2n) is 5.31. The molecule has 0 spiro atoms. The van der Waals surface area contributed by atoms with E-state index in [1.54, 1.807) is 0 Å². The second kappa shape index (κ2) is 7.04. The molecule has 0 aliphatic heterocycles. The first-order valence-electron chi connectivity index (χ1n) is 7.21. The highest BCUT2D eigenvalue weighted by atomic mass is 16.5. The van der Waals surface area contributed by atoms with Crippen LogP contribution in [0.3, 0.4) is 0 Å². The molecule has 1 aromatic carbocycles. The third-order valence-electron chi connectivity index (χ3n) is 2.95. The molecule has 0 saturated heterocycles. The molecule has 0 aliphatic rings. The van der Waals surface area contributed by atoms with Gasteiger partial charge in [0, 0.05) is 18.2 Å². The smallest absolute Gasteiger partial charge is 0.123 e. The molecule has 0 atom stereocenters. The fourth-order valence-corrected chi connectivity index (χ4v) is 1.86. The maximum Gasteiger partial charge on any atom is 0.123 e. The fraction of sp³-hybridized carbons (Fsp3) is 0.412. The van der Waals surface area contributed by atoms with Crippen molar-refractivity contribution >= 4 is 5.69 Å². The zero-order chi connectivity index (χ0) is 14.4. The quantitative estimate of drug-likeness (QED) is 0.807. The van der Waals surface area contributed by atoms with Gasteiger partial charge in [-0.3, -0.25) is 0 Å². The van der Waals surface area contributed by atoms with Gasteiger partial charge in [0.1, 0.15) is 17.3 Å². The van der Waals surface area contributed by atoms with Crippen LogP contribution in [0.1, 0.15) is 32.3 Å². The number of hydrogen-bond donors (Lipinski definition) is 1. The molecule has 20 heavy (non-hydrogen) atoms. The summed E-state index contributed by atoms with van der Waals surface area (Å²) >= 11 is 0. The van der Waals surface area contributed by atoms with E-state index in [2.05, 4.69) is 26.1 Å². The molecule has 0 saturated carbocycles. The molecule has 1 aromatic heterocycles. The number of hydrogen-bond acceptors (Lipinski definition) is 3. The van der Waals surface area contributed by atoms with Crippen molar-refractivity contribution < 1.29 is 9.15 Å². The van der Waals surface area contributed by atoms with Crippen LogP contribution in [0, 0.1) is 5.92 Å². The summed E-state index contributed by atoms with van der Waals surface area (Å²) in [7, 11) is 0. The first-order chi connectivity index (χ1) is 9.67. The van der Waals surface area contributed by atoms with Crippen molar-refractivity contribution in [1.29, 1.82) is 0 Å². The Balaban J connectivity index is 1.90. The van der Waals surface area contributed by atoms with Crippen molar-refractivity contribution in [3.63, 3.8) is 0 Å². The summed E-state index contributed by atoms with van der Waals surface area (Å²) in [5, 5.41) is 3.35. The van der Waals surface area contributed by atoms with Gasteiger partial charge in [0.15, 0.2) is 0 Å². The Morgan fingerprint density at radius 2 is 1.95 bits per heavy atom. The highest BCUT2D eigenvalue weighted by Gasteiger charge is 2.02. The molecule has 3 nitrogen and oxygen atoms in total. The van der Waals surface area contributed by atoms with Gasteiger partial charge in [-0.25, -0.2) is 0 Å². The lowest BCUT2D eigenvalue weighted by atomic mass is 10.2. The van der Waals surface area contributed by atoms with Crippen LogP contribution < -0.4 is 10.1 Å². The Morgan fingerprint density at radius 3 is 2.65 bits per heavy atom. The van der Waals surface area contributed by atoms with Crippen molar-refractivity contribution in [1.82, 2.24) is 0 Å². The van der Waals surface area contributed by atoms with Crippen LogP contribution in [-0.4, -0.2) is 6.61 Å². The summed E-state index contributed by atoms with van der Waals surface area (Å²) in [5.41, 5.74) is 1.04. The van der Waals surface area contributed by atoms with Crippen LogP contribution in [0.4, 0.5) is 5.69 Å². The van der Waals surface area contributed by atoms with Gasteiger partial charge in [0.25, 0.3) is 0 Å². The number of benzene rings is 1. The lowest BCUT2D eigenvalue weighted by molar-refractivity contribution is 0.271. The molecule has 1 N–H and O–H groups in total. The topological polar surface area (TPSA) is 34.4 Å². The minimum atomic E-state index is 0.530. The predicted octanol–water partition coefficient (Wildman–Crippen LogP) is 4.49. The number of ether oxygens (including phenoxy) is 1. The maximum absolute atomic E-state index is 5.72. The third kappa shape index (κ3) is 4.34. The molecule has 1 heterocycles. The summed E-state index contributed by atoms with van der Waals surface area (Å²) in [4.78, 5) is 0. The van der Waals surface area contributed by atoms with Gasteiger partial charge in [0.2, 0.25) is 0 Å². The molecule has 0 amide bonds. The first kappa shape index (κ1) is 14.5. The minimum absolute atomic E-state index is 0.530. The van der Waals surface area contributed by atoms with E-state index in [0.717, 1.165) is 36.0 Å². The van der Waals surface area contributed by atoms with E-state index in [9.17, 15) is 0 Å². The molecular formula is C17H23NO2. The van der Waals surface area contributed by atoms with Crippen LogP contribution >= 0.6 is 0 Å². The highest BCUT2D eigenvalue weighted by Crippen LogP contribution is 2.19. The predicted molar refractivity (Wildman–Crippen MR) is 82.2 cm³/mol. The first-order valence-corrected chi connectivity index (χ1v) is 7.21. The van der Waals surface area contributed by atoms with Gasteiger partial charge in [-0.1, -0.05) is 26.8 Å². The molecule has 2 aromatic rings. The normalized spacial score (nSPS) is 10.8. The highest BCUT2D eigenvalue weighted by molar-refractivity contribution is 5.48. The Labute approximate surface area is 121 Å². The SMILES string of the molecule is CCc1ccc(CNc2cccc(OCC(C)C)c2)o1. The van der Waals surface area contributed by atoms with Gasteiger partial charge in [-0.15, -0.1) is 0 Å².